The highest BCUT2D eigenvalue weighted by atomic mass is 127. The Balaban J connectivity index is 0.00000484. The van der Waals surface area contributed by atoms with Gasteiger partial charge in [0.15, 0.2) is 5.96 Å². The smallest absolute Gasteiger partial charge is 0.223 e. The van der Waals surface area contributed by atoms with Gasteiger partial charge in [-0.2, -0.15) is 0 Å². The lowest BCUT2D eigenvalue weighted by atomic mass is 10.1. The van der Waals surface area contributed by atoms with E-state index < -0.39 is 0 Å². The highest BCUT2D eigenvalue weighted by Crippen LogP contribution is 2.28. The molecule has 0 bridgehead atoms. The zero-order valence-corrected chi connectivity index (χ0v) is 17.2. The van der Waals surface area contributed by atoms with Gasteiger partial charge < -0.3 is 16.0 Å². The van der Waals surface area contributed by atoms with Crippen LogP contribution in [-0.4, -0.2) is 38.5 Å². The molecule has 0 heterocycles. The number of hydrogen-bond acceptors (Lipinski definition) is 2. The number of nitrogens with zero attached hydrogens (tertiary/aromatic N) is 1. The number of nitrogens with one attached hydrogen (secondary N) is 3. The molecule has 3 N–H and O–H groups in total. The van der Waals surface area contributed by atoms with E-state index in [0.29, 0.717) is 6.54 Å². The predicted octanol–water partition coefficient (Wildman–Crippen LogP) is 3.05. The van der Waals surface area contributed by atoms with Crippen molar-refractivity contribution in [2.45, 2.75) is 64.7 Å². The molecule has 0 atom stereocenters. The van der Waals surface area contributed by atoms with Crippen molar-refractivity contribution in [2.24, 2.45) is 10.9 Å². The van der Waals surface area contributed by atoms with E-state index in [4.69, 9.17) is 0 Å². The third kappa shape index (κ3) is 12.5. The van der Waals surface area contributed by atoms with Crippen LogP contribution >= 0.6 is 24.0 Å². The lowest BCUT2D eigenvalue weighted by Gasteiger charge is -2.12. The lowest BCUT2D eigenvalue weighted by Crippen LogP contribution is -2.42. The maximum atomic E-state index is 11.5. The largest absolute Gasteiger partial charge is 0.356 e. The SMILES string of the molecule is CCCCCCCCCNC(=NC)NCCNC(=O)C1CC1.I. The Kier molecular flexibility index (Phi) is 14.7. The normalized spacial score (nSPS) is 14.1. The van der Waals surface area contributed by atoms with Crippen molar-refractivity contribution < 1.29 is 4.79 Å². The molecule has 1 saturated carbocycles. The van der Waals surface area contributed by atoms with Crippen LogP contribution in [0.1, 0.15) is 64.7 Å². The molecular weight excluding hydrogens is 403 g/mol. The molecule has 0 unspecified atom stereocenters. The molecule has 0 aromatic heterocycles. The molecule has 1 fully saturated rings. The number of aliphatic imine (C=N–C) groups is 1. The van der Waals surface area contributed by atoms with Crippen LogP contribution in [0.3, 0.4) is 0 Å². The first-order chi connectivity index (χ1) is 10.8. The van der Waals surface area contributed by atoms with Crippen molar-refractivity contribution in [1.29, 1.82) is 0 Å². The van der Waals surface area contributed by atoms with E-state index in [-0.39, 0.29) is 35.8 Å². The Labute approximate surface area is 158 Å². The Morgan fingerprint density at radius 1 is 0.913 bits per heavy atom. The number of guanidine groups is 1. The van der Waals surface area contributed by atoms with E-state index in [0.717, 1.165) is 31.9 Å². The summed E-state index contributed by atoms with van der Waals surface area (Å²) in [6, 6.07) is 0. The average Bonchev–Trinajstić information content (AvgIpc) is 3.36. The highest BCUT2D eigenvalue weighted by molar-refractivity contribution is 14.0. The van der Waals surface area contributed by atoms with E-state index >= 15 is 0 Å². The number of hydrogen-bond donors (Lipinski definition) is 3. The van der Waals surface area contributed by atoms with Crippen molar-refractivity contribution in [1.82, 2.24) is 16.0 Å². The van der Waals surface area contributed by atoms with E-state index in [2.05, 4.69) is 27.9 Å². The summed E-state index contributed by atoms with van der Waals surface area (Å²) >= 11 is 0. The van der Waals surface area contributed by atoms with Gasteiger partial charge in [-0.3, -0.25) is 9.79 Å². The van der Waals surface area contributed by atoms with Crippen LogP contribution in [0.4, 0.5) is 0 Å². The van der Waals surface area contributed by atoms with Gasteiger partial charge in [0.05, 0.1) is 0 Å². The minimum Gasteiger partial charge on any atom is -0.356 e. The summed E-state index contributed by atoms with van der Waals surface area (Å²) in [6.07, 6.45) is 11.3. The van der Waals surface area contributed by atoms with Gasteiger partial charge in [-0.15, -0.1) is 24.0 Å². The number of unbranched alkanes of at least 4 members (excludes halogenated alkanes) is 6. The maximum absolute atomic E-state index is 11.5. The molecule has 1 aliphatic carbocycles. The Morgan fingerprint density at radius 3 is 2.09 bits per heavy atom. The Morgan fingerprint density at radius 2 is 1.48 bits per heavy atom. The monoisotopic (exact) mass is 438 g/mol. The predicted molar refractivity (Wildman–Crippen MR) is 109 cm³/mol. The number of amides is 1. The molecule has 0 spiro atoms. The third-order valence-corrected chi connectivity index (χ3v) is 3.96. The summed E-state index contributed by atoms with van der Waals surface area (Å²) in [5.41, 5.74) is 0. The molecule has 1 amide bonds. The van der Waals surface area contributed by atoms with Crippen molar-refractivity contribution >= 4 is 35.8 Å². The van der Waals surface area contributed by atoms with Crippen LogP contribution in [0.2, 0.25) is 0 Å². The minimum absolute atomic E-state index is 0. The zero-order valence-electron chi connectivity index (χ0n) is 14.8. The second-order valence-corrected chi connectivity index (χ2v) is 6.11. The molecule has 0 aliphatic heterocycles. The van der Waals surface area contributed by atoms with Crippen LogP contribution in [-0.2, 0) is 4.79 Å². The number of carbonyl (C=O) groups is 1. The summed E-state index contributed by atoms with van der Waals surface area (Å²) in [5.74, 6) is 1.31. The van der Waals surface area contributed by atoms with Gasteiger partial charge in [0, 0.05) is 32.6 Å². The topological polar surface area (TPSA) is 65.5 Å². The van der Waals surface area contributed by atoms with Gasteiger partial charge in [0.2, 0.25) is 5.91 Å². The van der Waals surface area contributed by atoms with Crippen LogP contribution in [0.25, 0.3) is 0 Å². The van der Waals surface area contributed by atoms with Crippen LogP contribution in [0.15, 0.2) is 4.99 Å². The zero-order chi connectivity index (χ0) is 16.0. The summed E-state index contributed by atoms with van der Waals surface area (Å²) in [4.78, 5) is 15.7. The van der Waals surface area contributed by atoms with Gasteiger partial charge in [-0.1, -0.05) is 45.4 Å². The molecule has 136 valence electrons. The van der Waals surface area contributed by atoms with E-state index in [1.807, 2.05) is 0 Å². The standard InChI is InChI=1S/C17H34N4O.HI/c1-3-4-5-6-7-8-9-12-20-17(18-2)21-14-13-19-16(22)15-10-11-15;/h15H,3-14H2,1-2H3,(H,19,22)(H2,18,20,21);1H. The molecule has 6 heteroatoms. The first-order valence-electron chi connectivity index (χ1n) is 9.00. The lowest BCUT2D eigenvalue weighted by molar-refractivity contribution is -0.122. The van der Waals surface area contributed by atoms with Crippen molar-refractivity contribution in [3.63, 3.8) is 0 Å². The van der Waals surface area contributed by atoms with E-state index in [1.165, 1.54) is 44.9 Å². The van der Waals surface area contributed by atoms with Gasteiger partial charge in [-0.05, 0) is 19.3 Å². The first-order valence-corrected chi connectivity index (χ1v) is 9.00. The van der Waals surface area contributed by atoms with Crippen molar-refractivity contribution in [2.75, 3.05) is 26.7 Å². The Hall–Kier alpha value is -0.530. The Bertz CT molecular complexity index is 333. The molecular formula is C17H35IN4O. The van der Waals surface area contributed by atoms with Gasteiger partial charge in [-0.25, -0.2) is 0 Å². The molecule has 0 saturated heterocycles. The maximum Gasteiger partial charge on any atom is 0.223 e. The second-order valence-electron chi connectivity index (χ2n) is 6.11. The summed E-state index contributed by atoms with van der Waals surface area (Å²) in [5, 5.41) is 9.49. The molecule has 0 radical (unpaired) electrons. The van der Waals surface area contributed by atoms with Gasteiger partial charge >= 0.3 is 0 Å². The molecule has 23 heavy (non-hydrogen) atoms. The highest BCUT2D eigenvalue weighted by Gasteiger charge is 2.28. The van der Waals surface area contributed by atoms with E-state index in [1.54, 1.807) is 7.05 Å². The number of carbonyl (C=O) groups excluding carboxylic acids is 1. The fourth-order valence-electron chi connectivity index (χ4n) is 2.37. The second kappa shape index (κ2) is 15.0. The number of halogens is 1. The quantitative estimate of drug-likeness (QED) is 0.190. The minimum atomic E-state index is 0. The van der Waals surface area contributed by atoms with Crippen molar-refractivity contribution in [3.8, 4) is 0 Å². The molecule has 5 nitrogen and oxygen atoms in total. The molecule has 0 aromatic carbocycles. The van der Waals surface area contributed by atoms with Gasteiger partial charge in [0.25, 0.3) is 0 Å². The van der Waals surface area contributed by atoms with E-state index in [9.17, 15) is 4.79 Å². The van der Waals surface area contributed by atoms with Gasteiger partial charge in [0.1, 0.15) is 0 Å². The number of rotatable bonds is 12. The molecule has 0 aromatic rings. The van der Waals surface area contributed by atoms with Crippen molar-refractivity contribution in [3.05, 3.63) is 0 Å². The van der Waals surface area contributed by atoms with Crippen LogP contribution in [0.5, 0.6) is 0 Å². The van der Waals surface area contributed by atoms with Crippen LogP contribution in [0, 0.1) is 5.92 Å². The third-order valence-electron chi connectivity index (χ3n) is 3.96. The fraction of sp³-hybridized carbons (Fsp3) is 0.882. The molecule has 1 rings (SSSR count). The summed E-state index contributed by atoms with van der Waals surface area (Å²) in [6.45, 7) is 4.59. The average molecular weight is 438 g/mol. The summed E-state index contributed by atoms with van der Waals surface area (Å²) in [7, 11) is 1.78. The first kappa shape index (κ1) is 22.5. The fourth-order valence-corrected chi connectivity index (χ4v) is 2.37. The molecule has 1 aliphatic rings. The summed E-state index contributed by atoms with van der Waals surface area (Å²) < 4.78 is 0. The van der Waals surface area contributed by atoms with Crippen LogP contribution < -0.4 is 16.0 Å².